The highest BCUT2D eigenvalue weighted by molar-refractivity contribution is 6.48. The third-order valence-electron chi connectivity index (χ3n) is 2.84. The van der Waals surface area contributed by atoms with Gasteiger partial charge in [0.1, 0.15) is 0 Å². The van der Waals surface area contributed by atoms with Gasteiger partial charge in [-0.2, -0.15) is 0 Å². The maximum Gasteiger partial charge on any atom is 0.216 e. The van der Waals surface area contributed by atoms with Gasteiger partial charge in [-0.1, -0.05) is 23.2 Å². The molecule has 0 spiro atoms. The summed E-state index contributed by atoms with van der Waals surface area (Å²) in [5, 5.41) is 0. The summed E-state index contributed by atoms with van der Waals surface area (Å²) in [6.45, 7) is 0. The molecular formula is C10H24Cl2N4. The van der Waals surface area contributed by atoms with Gasteiger partial charge in [-0.05, 0) is 56.4 Å². The fourth-order valence-corrected chi connectivity index (χ4v) is 3.32. The molecule has 0 unspecified atom stereocenters. The van der Waals surface area contributed by atoms with Crippen molar-refractivity contribution in [3.8, 4) is 0 Å². The van der Waals surface area contributed by atoms with E-state index in [2.05, 4.69) is 0 Å². The van der Waals surface area contributed by atoms with Crippen molar-refractivity contribution in [1.82, 2.24) is 19.6 Å². The van der Waals surface area contributed by atoms with E-state index in [9.17, 15) is 0 Å². The Bertz CT molecular complexity index is 205. The highest BCUT2D eigenvalue weighted by atomic mass is 35.5. The Morgan fingerprint density at radius 3 is 0.875 bits per heavy atom. The first-order valence-corrected chi connectivity index (χ1v) is 5.86. The topological polar surface area (TPSA) is 13.0 Å². The standard InChI is InChI=1S/C10H24Cl2N4/c1-13(2)9(11,12)10(14(3)4,15(5)6)16(7)8/h1-8H3. The molecular weight excluding hydrogens is 247 g/mol. The first-order valence-electron chi connectivity index (χ1n) is 5.10. The summed E-state index contributed by atoms with van der Waals surface area (Å²) in [4.78, 5) is 7.82. The monoisotopic (exact) mass is 270 g/mol. The van der Waals surface area contributed by atoms with Crippen LogP contribution in [0.25, 0.3) is 0 Å². The zero-order valence-electron chi connectivity index (χ0n) is 11.5. The summed E-state index contributed by atoms with van der Waals surface area (Å²) >= 11 is 13.1. The average Bonchev–Trinajstić information content (AvgIpc) is 2.00. The molecule has 0 aromatic carbocycles. The van der Waals surface area contributed by atoms with Crippen LogP contribution in [0.5, 0.6) is 0 Å². The van der Waals surface area contributed by atoms with Gasteiger partial charge in [-0.3, -0.25) is 19.6 Å². The highest BCUT2D eigenvalue weighted by Crippen LogP contribution is 2.41. The molecule has 0 radical (unpaired) electrons. The van der Waals surface area contributed by atoms with Gasteiger partial charge in [0.25, 0.3) is 0 Å². The lowest BCUT2D eigenvalue weighted by atomic mass is 10.2. The van der Waals surface area contributed by atoms with E-state index in [0.29, 0.717) is 0 Å². The lowest BCUT2D eigenvalue weighted by Gasteiger charge is -2.57. The Hall–Kier alpha value is 0.420. The van der Waals surface area contributed by atoms with Crippen molar-refractivity contribution in [3.05, 3.63) is 0 Å². The van der Waals surface area contributed by atoms with Crippen molar-refractivity contribution in [2.45, 2.75) is 10.2 Å². The minimum atomic E-state index is -1.07. The van der Waals surface area contributed by atoms with Crippen molar-refractivity contribution in [3.63, 3.8) is 0 Å². The van der Waals surface area contributed by atoms with Crippen molar-refractivity contribution in [2.24, 2.45) is 0 Å². The average molecular weight is 271 g/mol. The van der Waals surface area contributed by atoms with E-state index < -0.39 is 10.2 Å². The molecule has 6 heteroatoms. The van der Waals surface area contributed by atoms with Crippen molar-refractivity contribution in [1.29, 1.82) is 0 Å². The minimum absolute atomic E-state index is 0.625. The van der Waals surface area contributed by atoms with Crippen molar-refractivity contribution in [2.75, 3.05) is 56.4 Å². The van der Waals surface area contributed by atoms with Gasteiger partial charge in [0.05, 0.1) is 0 Å². The summed E-state index contributed by atoms with van der Waals surface area (Å²) in [6.07, 6.45) is 0. The number of nitrogens with zero attached hydrogens (tertiary/aromatic N) is 4. The van der Waals surface area contributed by atoms with E-state index in [-0.39, 0.29) is 0 Å². The predicted octanol–water partition coefficient (Wildman–Crippen LogP) is 1.02. The molecule has 0 aromatic rings. The van der Waals surface area contributed by atoms with Gasteiger partial charge < -0.3 is 0 Å². The van der Waals surface area contributed by atoms with E-state index in [1.165, 1.54) is 0 Å². The predicted molar refractivity (Wildman–Crippen MR) is 71.9 cm³/mol. The molecule has 4 nitrogen and oxygen atoms in total. The number of rotatable bonds is 5. The molecule has 0 atom stereocenters. The van der Waals surface area contributed by atoms with Gasteiger partial charge >= 0.3 is 0 Å². The summed E-state index contributed by atoms with van der Waals surface area (Å²) in [5.41, 5.74) is 0. The largest absolute Gasteiger partial charge is 0.275 e. The van der Waals surface area contributed by atoms with Crippen LogP contribution in [0.1, 0.15) is 0 Å². The zero-order valence-corrected chi connectivity index (χ0v) is 13.1. The summed E-state index contributed by atoms with van der Waals surface area (Å²) < 4.78 is -1.07. The van der Waals surface area contributed by atoms with E-state index >= 15 is 0 Å². The first kappa shape index (κ1) is 16.4. The molecule has 0 aliphatic rings. The molecule has 0 aliphatic carbocycles. The van der Waals surface area contributed by atoms with Crippen LogP contribution in [0.4, 0.5) is 0 Å². The van der Waals surface area contributed by atoms with Crippen LogP contribution in [-0.4, -0.2) is 86.2 Å². The maximum absolute atomic E-state index is 6.55. The second-order valence-corrected chi connectivity index (χ2v) is 6.04. The molecule has 0 saturated carbocycles. The molecule has 16 heavy (non-hydrogen) atoms. The lowest BCUT2D eigenvalue weighted by Crippen LogP contribution is -2.75. The van der Waals surface area contributed by atoms with Crippen LogP contribution >= 0.6 is 23.2 Å². The number of halogens is 2. The second kappa shape index (κ2) is 5.38. The SMILES string of the molecule is CN(C)C(Cl)(Cl)C(N(C)C)(N(C)C)N(C)C. The van der Waals surface area contributed by atoms with Crippen molar-refractivity contribution < 1.29 is 0 Å². The molecule has 0 saturated heterocycles. The Morgan fingerprint density at radius 2 is 0.812 bits per heavy atom. The lowest BCUT2D eigenvalue weighted by molar-refractivity contribution is -0.146. The number of hydrogen-bond acceptors (Lipinski definition) is 4. The minimum Gasteiger partial charge on any atom is -0.275 e. The third-order valence-corrected chi connectivity index (χ3v) is 4.02. The Balaban J connectivity index is 5.72. The first-order chi connectivity index (χ1) is 7.02. The third kappa shape index (κ3) is 2.33. The van der Waals surface area contributed by atoms with Crippen LogP contribution < -0.4 is 0 Å². The fourth-order valence-electron chi connectivity index (χ4n) is 2.31. The summed E-state index contributed by atoms with van der Waals surface area (Å²) in [5.74, 6) is -0.625. The zero-order chi connectivity index (χ0) is 13.3. The van der Waals surface area contributed by atoms with E-state index in [1.807, 2.05) is 71.1 Å². The molecule has 0 aromatic heterocycles. The Morgan fingerprint density at radius 1 is 0.562 bits per heavy atom. The van der Waals surface area contributed by atoms with E-state index in [1.54, 1.807) is 4.90 Å². The fraction of sp³-hybridized carbons (Fsp3) is 1.00. The number of hydrogen-bond donors (Lipinski definition) is 0. The van der Waals surface area contributed by atoms with E-state index in [4.69, 9.17) is 23.2 Å². The highest BCUT2D eigenvalue weighted by Gasteiger charge is 2.56. The summed E-state index contributed by atoms with van der Waals surface area (Å²) in [6, 6.07) is 0. The summed E-state index contributed by atoms with van der Waals surface area (Å²) in [7, 11) is 15.5. The van der Waals surface area contributed by atoms with Crippen LogP contribution in [0.15, 0.2) is 0 Å². The van der Waals surface area contributed by atoms with Crippen LogP contribution in [0.3, 0.4) is 0 Å². The normalized spacial score (nSPS) is 14.6. The van der Waals surface area contributed by atoms with Gasteiger partial charge in [0, 0.05) is 0 Å². The maximum atomic E-state index is 6.55. The molecule has 0 bridgehead atoms. The molecule has 98 valence electrons. The molecule has 0 fully saturated rings. The molecule has 0 heterocycles. The van der Waals surface area contributed by atoms with Crippen LogP contribution in [0, 0.1) is 0 Å². The van der Waals surface area contributed by atoms with Gasteiger partial charge in [0.2, 0.25) is 4.46 Å². The second-order valence-electron chi connectivity index (χ2n) is 4.75. The van der Waals surface area contributed by atoms with Gasteiger partial charge in [0.15, 0.2) is 5.79 Å². The smallest absolute Gasteiger partial charge is 0.216 e. The van der Waals surface area contributed by atoms with Crippen LogP contribution in [-0.2, 0) is 0 Å². The van der Waals surface area contributed by atoms with Gasteiger partial charge in [-0.25, -0.2) is 0 Å². The molecule has 0 N–H and O–H groups in total. The Kier molecular flexibility index (Phi) is 5.52. The molecule has 0 aliphatic heterocycles. The number of likely N-dealkylation sites (N-methyl/N-ethyl adjacent to an activating group) is 4. The number of alkyl halides is 2. The van der Waals surface area contributed by atoms with E-state index in [0.717, 1.165) is 0 Å². The Labute approximate surface area is 110 Å². The quantitative estimate of drug-likeness (QED) is 0.420. The molecule has 0 rings (SSSR count). The van der Waals surface area contributed by atoms with Gasteiger partial charge in [-0.15, -0.1) is 0 Å². The molecule has 0 amide bonds. The van der Waals surface area contributed by atoms with Crippen LogP contribution in [0.2, 0.25) is 0 Å². The van der Waals surface area contributed by atoms with Crippen molar-refractivity contribution >= 4 is 23.2 Å².